The van der Waals surface area contributed by atoms with Crippen LogP contribution in [0.3, 0.4) is 0 Å². The number of fused-ring (bicyclic) bond motifs is 6. The minimum absolute atomic E-state index is 0.301. The summed E-state index contributed by atoms with van der Waals surface area (Å²) >= 11 is 26.3. The van der Waals surface area contributed by atoms with Crippen molar-refractivity contribution in [3.8, 4) is 0 Å². The predicted octanol–water partition coefficient (Wildman–Crippen LogP) is 21.4. The van der Waals surface area contributed by atoms with Crippen LogP contribution in [0.15, 0.2) is 132 Å². The van der Waals surface area contributed by atoms with Crippen LogP contribution in [0.2, 0.25) is 77.1 Å². The lowest BCUT2D eigenvalue weighted by molar-refractivity contribution is 0.0599. The number of methoxy groups -OCH3 is 1. The number of H-pyrrole nitrogens is 3. The van der Waals surface area contributed by atoms with Gasteiger partial charge in [0.2, 0.25) is 0 Å². The minimum atomic E-state index is -1.12. The second kappa shape index (κ2) is 40.0. The second-order valence-corrected chi connectivity index (χ2v) is 54.7. The Labute approximate surface area is 732 Å². The van der Waals surface area contributed by atoms with E-state index in [9.17, 15) is 33.9 Å². The summed E-state index contributed by atoms with van der Waals surface area (Å²) in [7, 11) is -1.93. The van der Waals surface area contributed by atoms with Crippen molar-refractivity contribution in [2.45, 2.75) is 118 Å². The quantitative estimate of drug-likeness (QED) is 0.0145. The molecule has 0 saturated heterocycles. The van der Waals surface area contributed by atoms with Gasteiger partial charge in [0.05, 0.1) is 88.4 Å². The average molecular weight is 2310 g/mol. The molecule has 0 aliphatic heterocycles. The van der Waals surface area contributed by atoms with Crippen molar-refractivity contribution in [2.75, 3.05) is 26.9 Å². The molecule has 6 aromatic heterocycles. The molecule has 21 nitrogen and oxygen atoms in total. The van der Waals surface area contributed by atoms with Crippen LogP contribution < -0.4 is 22.9 Å². The first-order valence-corrected chi connectivity index (χ1v) is 53.3. The number of carbonyl (C=O) groups excluding carboxylic acids is 5. The second-order valence-electron chi connectivity index (χ2n) is 29.1. The summed E-state index contributed by atoms with van der Waals surface area (Å²) in [4.78, 5) is 78.0. The number of aromatic nitrogens is 6. The maximum atomic E-state index is 12.1. The molecule has 0 bridgehead atoms. The molecule has 12 rings (SSSR count). The lowest BCUT2D eigenvalue weighted by atomic mass is 10.1. The van der Waals surface area contributed by atoms with Crippen molar-refractivity contribution < 1.29 is 52.8 Å². The van der Waals surface area contributed by atoms with Gasteiger partial charge >= 0.3 is 11.9 Å². The Morgan fingerprint density at radius 2 is 0.697 bits per heavy atom. The van der Waals surface area contributed by atoms with Crippen molar-refractivity contribution in [1.29, 1.82) is 0 Å². The summed E-state index contributed by atoms with van der Waals surface area (Å²) in [6.45, 7) is 30.3. The zero-order chi connectivity index (χ0) is 81.1. The van der Waals surface area contributed by atoms with E-state index in [1.54, 1.807) is 42.5 Å². The summed E-state index contributed by atoms with van der Waals surface area (Å²) in [5, 5.41) is 15.3. The van der Waals surface area contributed by atoms with E-state index in [-0.39, 0.29) is 5.97 Å². The summed E-state index contributed by atoms with van der Waals surface area (Å²) in [5.41, 5.74) is 32.3. The number of nitrogens with zero attached hydrogens (tertiary/aromatic N) is 3. The lowest BCUT2D eigenvalue weighted by Gasteiger charge is -2.16. The van der Waals surface area contributed by atoms with Crippen LogP contribution in [0.4, 0.5) is 0 Å². The number of hydrogen-bond acceptors (Lipinski definition) is 10. The molecule has 6 aromatic carbocycles. The van der Waals surface area contributed by atoms with Gasteiger partial charge in [-0.15, -0.1) is 0 Å². The van der Waals surface area contributed by atoms with Crippen LogP contribution in [0, 0.1) is 35.6 Å². The Morgan fingerprint density at radius 1 is 0.404 bits per heavy atom. The predicted molar refractivity (Wildman–Crippen MR) is 499 cm³/mol. The van der Waals surface area contributed by atoms with Gasteiger partial charge in [-0.05, 0) is 238 Å². The standard InChI is InChI=1S/C16H21BrINO3Si.C15H20BrIN2O2Si.C15H19BrINO3Si.C11H12N2O.C10H9BrN2O.C9H6BrIN2O/c1-21-16(20)11-5-6-13(17)12-9-14(18)19(15(11)12)10-22-7-8-23(2,3)4;1-22(2,3)7-6-21-9-19-13(17)8-11-12(16)5-4-10(14(11)19)15(18)20;1-22(2,3)7-6-21-9-18-13(17)8-11-12(16)5-4-10(14(11)18)15(19)20;1-6-3-4-8(11(12)14)10-9(6)5-7(2)13-10;1-5-4-7-8(11)3-2-6(10(12)14)9(7)13-5;10-6-2-1-4(9(12)14)8-5(6)3-7(11)13-8/h5-6,9H,7-8,10H2,1-4H3;4-5,8H,6-7,9H2,1-3H3,(H2,18,20);4-5,8H,6-7,9H2,1-3H3,(H,19,20);3-5,13H,1-2H3,(H2,12,14);2-4,13H,1H3,(H2,12,14);1-3,13H,(H2,12,14). The number of ether oxygens (including phenoxy) is 4. The molecule has 0 saturated carbocycles. The molecule has 4 amide bonds. The maximum absolute atomic E-state index is 12.1. The van der Waals surface area contributed by atoms with Crippen LogP contribution in [0.25, 0.3) is 65.4 Å². The normalized spacial score (nSPS) is 11.5. The van der Waals surface area contributed by atoms with E-state index >= 15 is 0 Å². The molecule has 0 spiro atoms. The zero-order valence-electron chi connectivity index (χ0n) is 62.3. The molecule has 109 heavy (non-hydrogen) atoms. The van der Waals surface area contributed by atoms with E-state index in [1.165, 1.54) is 7.11 Å². The van der Waals surface area contributed by atoms with Gasteiger partial charge in [-0.1, -0.05) is 145 Å². The number of carboxylic acid groups (broad SMARTS) is 1. The Bertz CT molecular complexity index is 5040. The number of nitrogens with two attached hydrogens (primary N) is 4. The Balaban J connectivity index is 0.000000184. The Kier molecular flexibility index (Phi) is 33.5. The number of nitrogens with one attached hydrogen (secondary N) is 3. The smallest absolute Gasteiger partial charge is 0.340 e. The molecule has 0 unspecified atom stereocenters. The number of aromatic amines is 3. The summed E-state index contributed by atoms with van der Waals surface area (Å²) < 4.78 is 37.1. The molecular formula is C76H87Br5I4N10O11Si3. The molecule has 6 heterocycles. The van der Waals surface area contributed by atoms with Crippen LogP contribution in [-0.4, -0.2) is 120 Å². The largest absolute Gasteiger partial charge is 0.478 e. The van der Waals surface area contributed by atoms with Gasteiger partial charge in [-0.25, -0.2) is 9.59 Å². The molecular weight excluding hydrogens is 2220 g/mol. The number of hydrogen-bond donors (Lipinski definition) is 8. The highest BCUT2D eigenvalue weighted by atomic mass is 127. The molecule has 0 fully saturated rings. The highest BCUT2D eigenvalue weighted by molar-refractivity contribution is 14.1. The van der Waals surface area contributed by atoms with E-state index < -0.39 is 53.8 Å². The Hall–Kier alpha value is -4.77. The molecule has 0 atom stereocenters. The van der Waals surface area contributed by atoms with E-state index in [0.29, 0.717) is 65.7 Å². The van der Waals surface area contributed by atoms with Crippen LogP contribution in [0.5, 0.6) is 0 Å². The van der Waals surface area contributed by atoms with Crippen molar-refractivity contribution >= 4 is 295 Å². The molecule has 0 aliphatic rings. The number of carboxylic acids is 1. The number of aryl methyl sites for hydroxylation is 3. The van der Waals surface area contributed by atoms with Crippen molar-refractivity contribution in [3.05, 3.63) is 197 Å². The summed E-state index contributed by atoms with van der Waals surface area (Å²) in [6, 6.07) is 36.8. The molecule has 33 heteroatoms. The van der Waals surface area contributed by atoms with Crippen molar-refractivity contribution in [3.63, 3.8) is 0 Å². The minimum Gasteiger partial charge on any atom is -0.478 e. The first-order chi connectivity index (χ1) is 50.9. The van der Waals surface area contributed by atoms with Crippen LogP contribution in [0.1, 0.15) is 79.1 Å². The fraction of sp³-hybridized carbons (Fsp3) is 0.289. The van der Waals surface area contributed by atoms with Gasteiger partial charge in [-0.2, -0.15) is 0 Å². The summed E-state index contributed by atoms with van der Waals surface area (Å²) in [6.07, 6.45) is 0. The van der Waals surface area contributed by atoms with Gasteiger partial charge in [-0.3, -0.25) is 19.2 Å². The monoisotopic (exact) mass is 2300 g/mol. The first kappa shape index (κ1) is 91.4. The van der Waals surface area contributed by atoms with E-state index in [4.69, 9.17) is 41.9 Å². The van der Waals surface area contributed by atoms with Gasteiger partial charge in [0.15, 0.2) is 0 Å². The van der Waals surface area contributed by atoms with Gasteiger partial charge in [0, 0.05) is 110 Å². The molecule has 0 radical (unpaired) electrons. The summed E-state index contributed by atoms with van der Waals surface area (Å²) in [5.74, 6) is -2.90. The first-order valence-electron chi connectivity index (χ1n) is 33.9. The number of halogens is 9. The third-order valence-corrected chi connectivity index (χ3v) is 28.8. The van der Waals surface area contributed by atoms with E-state index in [2.05, 4.69) is 244 Å². The number of aromatic carboxylic acids is 1. The third kappa shape index (κ3) is 24.6. The maximum Gasteiger partial charge on any atom is 0.340 e. The number of amides is 4. The fourth-order valence-electron chi connectivity index (χ4n) is 11.2. The van der Waals surface area contributed by atoms with Crippen molar-refractivity contribution in [2.24, 2.45) is 22.9 Å². The SMILES string of the molecule is COC(=O)c1ccc(Br)c2cc(I)n(COCC[Si](C)(C)C)c12.C[Si](C)(C)CCOCn1c(I)cc2c(Br)ccc(C(=O)O)c21.C[Si](C)(C)CCOCn1c(I)cc2c(Br)ccc(C(N)=O)c21.Cc1cc2c(Br)ccc(C(N)=O)c2[nH]1.Cc1cc2c(C)ccc(C(N)=O)c2[nH]1.NC(=O)c1ccc(Br)c2cc(I)[nH]c12. The topological polar surface area (TPSA) is 326 Å². The van der Waals surface area contributed by atoms with Crippen molar-refractivity contribution in [1.82, 2.24) is 28.7 Å². The highest BCUT2D eigenvalue weighted by Crippen LogP contribution is 2.36. The third-order valence-electron chi connectivity index (χ3n) is 16.9. The van der Waals surface area contributed by atoms with Gasteiger partial charge < -0.3 is 75.6 Å². The number of benzene rings is 6. The fourth-order valence-corrected chi connectivity index (χ4v) is 18.3. The molecule has 12 N–H and O–H groups in total. The molecule has 0 aliphatic carbocycles. The van der Waals surface area contributed by atoms with E-state index in [1.807, 2.05) is 101 Å². The van der Waals surface area contributed by atoms with Gasteiger partial charge in [0.1, 0.15) is 20.2 Å². The highest BCUT2D eigenvalue weighted by Gasteiger charge is 2.24. The number of carbonyl (C=O) groups is 6. The number of primary amides is 4. The van der Waals surface area contributed by atoms with Crippen LogP contribution in [-0.2, 0) is 39.1 Å². The number of rotatable bonds is 21. The Morgan fingerprint density at radius 3 is 1.06 bits per heavy atom. The average Bonchev–Trinajstić information content (AvgIpc) is 1.63. The zero-order valence-corrected chi connectivity index (χ0v) is 81.9. The van der Waals surface area contributed by atoms with Crippen LogP contribution >= 0.6 is 170 Å². The molecule has 582 valence electrons. The van der Waals surface area contributed by atoms with Gasteiger partial charge in [0.25, 0.3) is 23.6 Å². The number of esters is 1. The lowest BCUT2D eigenvalue weighted by Crippen LogP contribution is -2.22. The molecule has 12 aromatic rings. The van der Waals surface area contributed by atoms with E-state index in [0.717, 1.165) is 145 Å².